The number of hydrogen-bond acceptors (Lipinski definition) is 5. The minimum Gasteiger partial charge on any atom is -0.299 e. The van der Waals surface area contributed by atoms with Gasteiger partial charge in [0.05, 0.1) is 5.75 Å². The number of carbonyl (C=O) groups excluding carboxylic acids is 1. The van der Waals surface area contributed by atoms with Gasteiger partial charge in [0.25, 0.3) is 0 Å². The summed E-state index contributed by atoms with van der Waals surface area (Å²) >= 11 is 1.49. The summed E-state index contributed by atoms with van der Waals surface area (Å²) in [6.07, 6.45) is 12.4. The van der Waals surface area contributed by atoms with E-state index in [2.05, 4.69) is 31.9 Å². The Labute approximate surface area is 181 Å². The average Bonchev–Trinajstić information content (AvgIpc) is 3.57. The van der Waals surface area contributed by atoms with Crippen molar-refractivity contribution in [1.29, 1.82) is 0 Å². The Kier molecular flexibility index (Phi) is 5.67. The second-order valence-electron chi connectivity index (χ2n) is 8.32. The first-order valence-corrected chi connectivity index (χ1v) is 11.9. The molecule has 3 aromatic rings. The van der Waals surface area contributed by atoms with Gasteiger partial charge in [0, 0.05) is 29.6 Å². The third-order valence-electron chi connectivity index (χ3n) is 6.14. The van der Waals surface area contributed by atoms with Crippen molar-refractivity contribution in [3.8, 4) is 11.4 Å². The number of hydrogen-bond donors (Lipinski definition) is 0. The Bertz CT molecular complexity index is 1010. The zero-order valence-electron chi connectivity index (χ0n) is 17.0. The van der Waals surface area contributed by atoms with E-state index in [0.717, 1.165) is 34.9 Å². The number of thioether (sulfide) groups is 1. The Morgan fingerprint density at radius 1 is 1.00 bits per heavy atom. The lowest BCUT2D eigenvalue weighted by molar-refractivity contribution is 0.102. The van der Waals surface area contributed by atoms with Crippen LogP contribution in [0.2, 0.25) is 0 Å². The van der Waals surface area contributed by atoms with Gasteiger partial charge in [-0.1, -0.05) is 55.3 Å². The monoisotopic (exact) mass is 418 g/mol. The van der Waals surface area contributed by atoms with Gasteiger partial charge in [-0.2, -0.15) is 0 Å². The molecule has 5 rings (SSSR count). The van der Waals surface area contributed by atoms with Gasteiger partial charge in [0.1, 0.15) is 0 Å². The van der Waals surface area contributed by atoms with Gasteiger partial charge >= 0.3 is 0 Å². The minimum atomic E-state index is 0.142. The molecule has 2 aliphatic carbocycles. The van der Waals surface area contributed by atoms with Crippen molar-refractivity contribution in [2.75, 3.05) is 5.75 Å². The van der Waals surface area contributed by atoms with Crippen LogP contribution in [-0.4, -0.2) is 31.3 Å². The summed E-state index contributed by atoms with van der Waals surface area (Å²) in [4.78, 5) is 17.0. The first-order valence-electron chi connectivity index (χ1n) is 10.9. The number of ketones is 1. The van der Waals surface area contributed by atoms with Crippen LogP contribution < -0.4 is 0 Å². The molecule has 0 saturated heterocycles. The quantitative estimate of drug-likeness (QED) is 0.364. The highest BCUT2D eigenvalue weighted by atomic mass is 32.2. The molecule has 0 N–H and O–H groups in total. The smallest absolute Gasteiger partial charge is 0.192 e. The molecule has 0 atom stereocenters. The van der Waals surface area contributed by atoms with Gasteiger partial charge in [0.15, 0.2) is 16.8 Å². The van der Waals surface area contributed by atoms with Crippen molar-refractivity contribution in [3.05, 3.63) is 59.9 Å². The van der Waals surface area contributed by atoms with Crippen molar-refractivity contribution in [2.45, 2.75) is 62.1 Å². The number of pyridine rings is 1. The van der Waals surface area contributed by atoms with Crippen molar-refractivity contribution in [1.82, 2.24) is 19.7 Å². The summed E-state index contributed by atoms with van der Waals surface area (Å²) in [6.45, 7) is 0. The van der Waals surface area contributed by atoms with Crippen molar-refractivity contribution in [2.24, 2.45) is 0 Å². The first kappa shape index (κ1) is 19.5. The van der Waals surface area contributed by atoms with Crippen LogP contribution in [0.15, 0.2) is 53.9 Å². The fraction of sp³-hybridized carbons (Fsp3) is 0.417. The van der Waals surface area contributed by atoms with Crippen LogP contribution in [0.5, 0.6) is 0 Å². The first-order chi connectivity index (χ1) is 14.8. The van der Waals surface area contributed by atoms with Crippen molar-refractivity contribution >= 4 is 17.5 Å². The molecule has 0 aliphatic heterocycles. The summed E-state index contributed by atoms with van der Waals surface area (Å²) in [7, 11) is 0. The standard InChI is InChI=1S/C24H26N4OS/c29-22(19-10-8-18(9-11-19)17-5-2-1-3-6-17)16-30-24-27-26-23(28(24)21-12-13-21)20-7-4-14-25-15-20/h4,7-11,14-15,17,21H,1-3,5-6,12-13,16H2. The molecule has 0 spiro atoms. The average molecular weight is 419 g/mol. The van der Waals surface area contributed by atoms with Crippen LogP contribution >= 0.6 is 11.8 Å². The maximum Gasteiger partial charge on any atom is 0.192 e. The van der Waals surface area contributed by atoms with Crippen LogP contribution in [0.1, 0.15) is 72.8 Å². The topological polar surface area (TPSA) is 60.7 Å². The third-order valence-corrected chi connectivity index (χ3v) is 7.08. The van der Waals surface area contributed by atoms with E-state index in [9.17, 15) is 4.79 Å². The molecule has 2 heterocycles. The molecule has 1 aromatic carbocycles. The Balaban J connectivity index is 1.27. The highest BCUT2D eigenvalue weighted by Gasteiger charge is 2.30. The van der Waals surface area contributed by atoms with Gasteiger partial charge in [-0.25, -0.2) is 0 Å². The molecule has 2 aliphatic rings. The molecular weight excluding hydrogens is 392 g/mol. The van der Waals surface area contributed by atoms with E-state index in [0.29, 0.717) is 17.7 Å². The molecule has 0 unspecified atom stereocenters. The van der Waals surface area contributed by atoms with Crippen LogP contribution in [0, 0.1) is 0 Å². The molecule has 6 heteroatoms. The fourth-order valence-corrected chi connectivity index (χ4v) is 5.22. The Hall–Kier alpha value is -2.47. The van der Waals surface area contributed by atoms with Gasteiger partial charge in [-0.15, -0.1) is 10.2 Å². The lowest BCUT2D eigenvalue weighted by Crippen LogP contribution is -2.07. The van der Waals surface area contributed by atoms with Crippen LogP contribution in [0.4, 0.5) is 0 Å². The minimum absolute atomic E-state index is 0.142. The number of aromatic nitrogens is 4. The van der Waals surface area contributed by atoms with E-state index in [4.69, 9.17) is 0 Å². The maximum absolute atomic E-state index is 12.8. The van der Waals surface area contributed by atoms with E-state index in [1.165, 1.54) is 49.4 Å². The summed E-state index contributed by atoms with van der Waals surface area (Å²) in [6, 6.07) is 12.7. The molecule has 30 heavy (non-hydrogen) atoms. The Morgan fingerprint density at radius 2 is 1.80 bits per heavy atom. The molecule has 5 nitrogen and oxygen atoms in total. The fourth-order valence-electron chi connectivity index (χ4n) is 4.32. The van der Waals surface area contributed by atoms with E-state index in [1.54, 1.807) is 6.20 Å². The van der Waals surface area contributed by atoms with Gasteiger partial charge in [-0.05, 0) is 49.3 Å². The zero-order chi connectivity index (χ0) is 20.3. The van der Waals surface area contributed by atoms with E-state index >= 15 is 0 Å². The highest BCUT2D eigenvalue weighted by Crippen LogP contribution is 2.41. The second-order valence-corrected chi connectivity index (χ2v) is 9.26. The molecule has 154 valence electrons. The molecule has 0 amide bonds. The number of benzene rings is 1. The number of Topliss-reactive ketones (excluding diaryl/α,β-unsaturated/α-hetero) is 1. The highest BCUT2D eigenvalue weighted by molar-refractivity contribution is 7.99. The van der Waals surface area contributed by atoms with Crippen LogP contribution in [-0.2, 0) is 0 Å². The number of nitrogens with zero attached hydrogens (tertiary/aromatic N) is 4. The normalized spacial score (nSPS) is 17.2. The van der Waals surface area contributed by atoms with Crippen molar-refractivity contribution in [3.63, 3.8) is 0 Å². The summed E-state index contributed by atoms with van der Waals surface area (Å²) in [5.41, 5.74) is 3.13. The van der Waals surface area contributed by atoms with Gasteiger partial charge in [0.2, 0.25) is 0 Å². The maximum atomic E-state index is 12.8. The molecular formula is C24H26N4OS. The number of rotatable bonds is 7. The van der Waals surface area contributed by atoms with Crippen LogP contribution in [0.3, 0.4) is 0 Å². The number of carbonyl (C=O) groups is 1. The SMILES string of the molecule is O=C(CSc1nnc(-c2cccnc2)n1C1CC1)c1ccc(C2CCCCC2)cc1. The molecule has 2 fully saturated rings. The molecule has 2 saturated carbocycles. The van der Waals surface area contributed by atoms with E-state index < -0.39 is 0 Å². The molecule has 0 radical (unpaired) electrons. The summed E-state index contributed by atoms with van der Waals surface area (Å²) in [5, 5.41) is 9.62. The summed E-state index contributed by atoms with van der Waals surface area (Å²) in [5.74, 6) is 2.03. The van der Waals surface area contributed by atoms with Crippen molar-refractivity contribution < 1.29 is 4.79 Å². The van der Waals surface area contributed by atoms with Crippen LogP contribution in [0.25, 0.3) is 11.4 Å². The predicted octanol–water partition coefficient (Wildman–Crippen LogP) is 5.70. The largest absolute Gasteiger partial charge is 0.299 e. The summed E-state index contributed by atoms with van der Waals surface area (Å²) < 4.78 is 2.18. The molecule has 0 bridgehead atoms. The predicted molar refractivity (Wildman–Crippen MR) is 119 cm³/mol. The third kappa shape index (κ3) is 4.19. The van der Waals surface area contributed by atoms with Gasteiger partial charge < -0.3 is 0 Å². The van der Waals surface area contributed by atoms with E-state index in [1.807, 2.05) is 30.5 Å². The van der Waals surface area contributed by atoms with Gasteiger partial charge in [-0.3, -0.25) is 14.3 Å². The van der Waals surface area contributed by atoms with E-state index in [-0.39, 0.29) is 5.78 Å². The Morgan fingerprint density at radius 3 is 2.50 bits per heavy atom. The zero-order valence-corrected chi connectivity index (χ0v) is 17.9. The lowest BCUT2D eigenvalue weighted by atomic mass is 9.84. The molecule has 2 aromatic heterocycles. The second kappa shape index (κ2) is 8.72. The lowest BCUT2D eigenvalue weighted by Gasteiger charge is -2.22.